The summed E-state index contributed by atoms with van der Waals surface area (Å²) in [6.07, 6.45) is 5.47. The van der Waals surface area contributed by atoms with Crippen LogP contribution in [-0.4, -0.2) is 46.8 Å². The highest BCUT2D eigenvalue weighted by molar-refractivity contribution is 5.90. The van der Waals surface area contributed by atoms with Crippen LogP contribution >= 0.6 is 0 Å². The van der Waals surface area contributed by atoms with Gasteiger partial charge in [-0.15, -0.1) is 5.10 Å². The fraction of sp³-hybridized carbons (Fsp3) is 0.615. The molecule has 1 aromatic heterocycles. The second kappa shape index (κ2) is 4.65. The molecule has 1 aromatic rings. The number of nitrogens with zero attached hydrogens (tertiary/aromatic N) is 3. The Kier molecular flexibility index (Phi) is 2.99. The number of aromatic nitrogens is 2. The number of anilines is 1. The molecule has 2 bridgehead atoms. The Bertz CT molecular complexity index is 412. The fourth-order valence-corrected chi connectivity index (χ4v) is 3.23. The first kappa shape index (κ1) is 11.6. The number of carbonyl (C=O) groups excluding carboxylic acids is 1. The van der Waals surface area contributed by atoms with E-state index in [0.29, 0.717) is 12.4 Å². The van der Waals surface area contributed by atoms with Crippen molar-refractivity contribution in [3.8, 4) is 0 Å². The van der Waals surface area contributed by atoms with Gasteiger partial charge in [-0.2, -0.15) is 5.10 Å². The molecule has 5 nitrogen and oxygen atoms in total. The van der Waals surface area contributed by atoms with Crippen LogP contribution in [0.4, 0.5) is 5.82 Å². The third kappa shape index (κ3) is 2.36. The van der Waals surface area contributed by atoms with Crippen molar-refractivity contribution in [2.24, 2.45) is 5.92 Å². The summed E-state index contributed by atoms with van der Waals surface area (Å²) in [5.41, 5.74) is 0. The molecule has 1 N–H and O–H groups in total. The van der Waals surface area contributed by atoms with Gasteiger partial charge < -0.3 is 9.80 Å². The van der Waals surface area contributed by atoms with E-state index in [1.165, 1.54) is 38.9 Å². The van der Waals surface area contributed by atoms with E-state index in [1.54, 1.807) is 18.3 Å². The molecule has 4 rings (SSSR count). The summed E-state index contributed by atoms with van der Waals surface area (Å²) in [6.45, 7) is 4.08. The SMILES string of the molecule is O=C(C[N+]12CCC(CC1)CC2)Nc1cccnn1. The molecule has 4 heterocycles. The van der Waals surface area contributed by atoms with Crippen LogP contribution < -0.4 is 5.32 Å². The topological polar surface area (TPSA) is 54.9 Å². The second-order valence-corrected chi connectivity index (χ2v) is 5.56. The highest BCUT2D eigenvalue weighted by atomic mass is 16.2. The maximum absolute atomic E-state index is 12.1. The lowest BCUT2D eigenvalue weighted by atomic mass is 9.86. The number of rotatable bonds is 3. The molecule has 1 amide bonds. The van der Waals surface area contributed by atoms with E-state index < -0.39 is 0 Å². The molecule has 0 unspecified atom stereocenters. The van der Waals surface area contributed by atoms with Gasteiger partial charge in [-0.3, -0.25) is 4.79 Å². The van der Waals surface area contributed by atoms with Crippen LogP contribution in [0.3, 0.4) is 0 Å². The van der Waals surface area contributed by atoms with Gasteiger partial charge in [0.2, 0.25) is 0 Å². The van der Waals surface area contributed by atoms with Crippen LogP contribution in [-0.2, 0) is 4.79 Å². The van der Waals surface area contributed by atoms with Crippen molar-refractivity contribution in [1.82, 2.24) is 10.2 Å². The van der Waals surface area contributed by atoms with Crippen LogP contribution in [0.15, 0.2) is 18.3 Å². The number of amides is 1. The third-order valence-electron chi connectivity index (χ3n) is 4.35. The molecule has 0 atom stereocenters. The number of quaternary nitrogens is 1. The van der Waals surface area contributed by atoms with E-state index in [9.17, 15) is 4.79 Å². The van der Waals surface area contributed by atoms with Gasteiger partial charge in [-0.1, -0.05) is 0 Å². The lowest BCUT2D eigenvalue weighted by Gasteiger charge is -2.48. The molecule has 0 saturated carbocycles. The van der Waals surface area contributed by atoms with E-state index in [4.69, 9.17) is 0 Å². The van der Waals surface area contributed by atoms with Crippen LogP contribution in [0.1, 0.15) is 19.3 Å². The fourth-order valence-electron chi connectivity index (χ4n) is 3.23. The molecule has 0 spiro atoms. The Balaban J connectivity index is 1.61. The molecule has 5 heteroatoms. The van der Waals surface area contributed by atoms with Crippen LogP contribution in [0.25, 0.3) is 0 Å². The second-order valence-electron chi connectivity index (χ2n) is 5.56. The molecule has 0 aliphatic carbocycles. The molecule has 96 valence electrons. The Labute approximate surface area is 107 Å². The number of carbonyl (C=O) groups is 1. The van der Waals surface area contributed by atoms with Crippen molar-refractivity contribution < 1.29 is 9.28 Å². The van der Waals surface area contributed by atoms with E-state index in [1.807, 2.05) is 0 Å². The summed E-state index contributed by atoms with van der Waals surface area (Å²) in [6, 6.07) is 3.55. The quantitative estimate of drug-likeness (QED) is 0.812. The van der Waals surface area contributed by atoms with Crippen LogP contribution in [0, 0.1) is 5.92 Å². The summed E-state index contributed by atoms with van der Waals surface area (Å²) >= 11 is 0. The highest BCUT2D eigenvalue weighted by Crippen LogP contribution is 2.33. The maximum Gasteiger partial charge on any atom is 0.280 e. The molecule has 3 aliphatic rings. The van der Waals surface area contributed by atoms with E-state index in [-0.39, 0.29) is 5.91 Å². The third-order valence-corrected chi connectivity index (χ3v) is 4.35. The lowest BCUT2D eigenvalue weighted by molar-refractivity contribution is -0.935. The van der Waals surface area contributed by atoms with Gasteiger partial charge in [0.25, 0.3) is 5.91 Å². The first-order chi connectivity index (χ1) is 8.76. The largest absolute Gasteiger partial charge is 0.316 e. The zero-order valence-corrected chi connectivity index (χ0v) is 10.5. The molecular formula is C13H19N4O+. The van der Waals surface area contributed by atoms with Gasteiger partial charge in [0, 0.05) is 6.20 Å². The summed E-state index contributed by atoms with van der Waals surface area (Å²) < 4.78 is 0.975. The van der Waals surface area contributed by atoms with Crippen molar-refractivity contribution in [2.45, 2.75) is 19.3 Å². The Morgan fingerprint density at radius 3 is 2.67 bits per heavy atom. The van der Waals surface area contributed by atoms with Gasteiger partial charge >= 0.3 is 0 Å². The minimum absolute atomic E-state index is 0.0656. The summed E-state index contributed by atoms with van der Waals surface area (Å²) in [4.78, 5) is 12.1. The van der Waals surface area contributed by atoms with Crippen molar-refractivity contribution in [3.63, 3.8) is 0 Å². The first-order valence-corrected chi connectivity index (χ1v) is 6.68. The first-order valence-electron chi connectivity index (χ1n) is 6.68. The normalized spacial score (nSPS) is 30.1. The summed E-state index contributed by atoms with van der Waals surface area (Å²) in [5.74, 6) is 1.54. The molecular weight excluding hydrogens is 228 g/mol. The Morgan fingerprint density at radius 1 is 1.33 bits per heavy atom. The summed E-state index contributed by atoms with van der Waals surface area (Å²) in [5, 5.41) is 10.5. The standard InChI is InChI=1S/C13H18N4O/c18-13(15-12-2-1-6-14-16-12)10-17-7-3-11(4-8-17)5-9-17/h1-2,6,11H,3-5,7-10H2/p+1. The van der Waals surface area contributed by atoms with E-state index >= 15 is 0 Å². The zero-order valence-electron chi connectivity index (χ0n) is 10.5. The minimum Gasteiger partial charge on any atom is -0.316 e. The highest BCUT2D eigenvalue weighted by Gasteiger charge is 2.40. The zero-order chi connectivity index (χ0) is 12.4. The smallest absolute Gasteiger partial charge is 0.280 e. The average molecular weight is 247 g/mol. The molecule has 0 aromatic carbocycles. The van der Waals surface area contributed by atoms with Gasteiger partial charge in [0.1, 0.15) is 0 Å². The Morgan fingerprint density at radius 2 is 2.06 bits per heavy atom. The monoisotopic (exact) mass is 247 g/mol. The maximum atomic E-state index is 12.1. The predicted octanol–water partition coefficient (Wildman–Crippen LogP) is 1.05. The van der Waals surface area contributed by atoms with Gasteiger partial charge in [-0.05, 0) is 37.3 Å². The van der Waals surface area contributed by atoms with Crippen LogP contribution in [0.2, 0.25) is 0 Å². The number of fused-ring (bicyclic) bond motifs is 3. The van der Waals surface area contributed by atoms with Crippen molar-refractivity contribution in [1.29, 1.82) is 0 Å². The van der Waals surface area contributed by atoms with Crippen molar-refractivity contribution in [2.75, 3.05) is 31.5 Å². The van der Waals surface area contributed by atoms with Gasteiger partial charge in [0.15, 0.2) is 12.4 Å². The molecule has 3 saturated heterocycles. The summed E-state index contributed by atoms with van der Waals surface area (Å²) in [7, 11) is 0. The molecule has 18 heavy (non-hydrogen) atoms. The van der Waals surface area contributed by atoms with Crippen molar-refractivity contribution >= 4 is 11.7 Å². The number of hydrogen-bond acceptors (Lipinski definition) is 3. The number of hydrogen-bond donors (Lipinski definition) is 1. The minimum atomic E-state index is 0.0656. The number of nitrogens with one attached hydrogen (secondary N) is 1. The van der Waals surface area contributed by atoms with Crippen molar-refractivity contribution in [3.05, 3.63) is 18.3 Å². The lowest BCUT2D eigenvalue weighted by Crippen LogP contribution is -2.60. The number of piperidine rings is 3. The predicted molar refractivity (Wildman–Crippen MR) is 67.7 cm³/mol. The average Bonchev–Trinajstić information content (AvgIpc) is 2.41. The molecule has 3 aliphatic heterocycles. The van der Waals surface area contributed by atoms with E-state index in [0.717, 1.165) is 10.4 Å². The molecule has 3 fully saturated rings. The van der Waals surface area contributed by atoms with Gasteiger partial charge in [-0.25, -0.2) is 0 Å². The molecule has 0 radical (unpaired) electrons. The Hall–Kier alpha value is -1.49. The van der Waals surface area contributed by atoms with Crippen LogP contribution in [0.5, 0.6) is 0 Å². The van der Waals surface area contributed by atoms with E-state index in [2.05, 4.69) is 15.5 Å². The van der Waals surface area contributed by atoms with Gasteiger partial charge in [0.05, 0.1) is 19.6 Å².